The van der Waals surface area contributed by atoms with E-state index in [4.69, 9.17) is 4.42 Å². The van der Waals surface area contributed by atoms with Crippen LogP contribution in [0.15, 0.2) is 40.9 Å². The first-order chi connectivity index (χ1) is 12.3. The number of carboxylic acid groups (broad SMARTS) is 1. The summed E-state index contributed by atoms with van der Waals surface area (Å²) in [4.78, 5) is 23.9. The second-order valence-corrected chi connectivity index (χ2v) is 5.71. The standard InChI is InChI=1S/C18H14FNO6/c1-20-8-12(16(22)17(20)23)15(21)14-7-11(18(24)25)13(26-14)6-9-2-4-10(19)5-3-9/h2-5,7-8,22-23H,6H2,1H3,(H,24,25). The summed E-state index contributed by atoms with van der Waals surface area (Å²) in [6.45, 7) is 0. The molecular formula is C18H14FNO6. The van der Waals surface area contributed by atoms with Crippen LogP contribution in [0.3, 0.4) is 0 Å². The van der Waals surface area contributed by atoms with E-state index >= 15 is 0 Å². The van der Waals surface area contributed by atoms with Crippen LogP contribution >= 0.6 is 0 Å². The molecule has 0 aliphatic carbocycles. The van der Waals surface area contributed by atoms with Gasteiger partial charge >= 0.3 is 5.97 Å². The van der Waals surface area contributed by atoms with Crippen molar-refractivity contribution in [2.45, 2.75) is 6.42 Å². The number of aromatic hydroxyl groups is 2. The molecule has 0 saturated heterocycles. The van der Waals surface area contributed by atoms with Gasteiger partial charge in [0.15, 0.2) is 11.5 Å². The largest absolute Gasteiger partial charge is 0.503 e. The summed E-state index contributed by atoms with van der Waals surface area (Å²) in [6, 6.07) is 6.48. The predicted octanol–water partition coefficient (Wildman–Crippen LogP) is 2.69. The molecule has 26 heavy (non-hydrogen) atoms. The molecule has 0 atom stereocenters. The third-order valence-corrected chi connectivity index (χ3v) is 3.91. The van der Waals surface area contributed by atoms with Crippen molar-refractivity contribution in [3.8, 4) is 11.6 Å². The van der Waals surface area contributed by atoms with Crippen molar-refractivity contribution in [3.63, 3.8) is 0 Å². The molecule has 7 nitrogen and oxygen atoms in total. The maximum Gasteiger partial charge on any atom is 0.339 e. The topological polar surface area (TPSA) is 113 Å². The first-order valence-corrected chi connectivity index (χ1v) is 7.50. The average Bonchev–Trinajstić information content (AvgIpc) is 3.13. The summed E-state index contributed by atoms with van der Waals surface area (Å²) in [6.07, 6.45) is 1.25. The Morgan fingerprint density at radius 2 is 1.81 bits per heavy atom. The monoisotopic (exact) mass is 359 g/mol. The SMILES string of the molecule is Cn1cc(C(=O)c2cc(C(=O)O)c(Cc3ccc(F)cc3)o2)c(O)c1O. The van der Waals surface area contributed by atoms with E-state index in [0.717, 1.165) is 10.6 Å². The summed E-state index contributed by atoms with van der Waals surface area (Å²) in [5.41, 5.74) is 0.170. The smallest absolute Gasteiger partial charge is 0.339 e. The Morgan fingerprint density at radius 3 is 2.35 bits per heavy atom. The van der Waals surface area contributed by atoms with Gasteiger partial charge in [-0.3, -0.25) is 4.79 Å². The number of carbonyl (C=O) groups excluding carboxylic acids is 1. The number of carbonyl (C=O) groups is 2. The van der Waals surface area contributed by atoms with Crippen molar-refractivity contribution >= 4 is 11.8 Å². The van der Waals surface area contributed by atoms with Crippen LogP contribution < -0.4 is 0 Å². The van der Waals surface area contributed by atoms with Crippen LogP contribution in [0.5, 0.6) is 11.6 Å². The van der Waals surface area contributed by atoms with E-state index < -0.39 is 29.2 Å². The fourth-order valence-corrected chi connectivity index (χ4v) is 2.54. The van der Waals surface area contributed by atoms with Crippen LogP contribution in [-0.4, -0.2) is 31.6 Å². The highest BCUT2D eigenvalue weighted by Crippen LogP contribution is 2.32. The lowest BCUT2D eigenvalue weighted by atomic mass is 10.1. The Kier molecular flexibility index (Phi) is 4.25. The first-order valence-electron chi connectivity index (χ1n) is 7.50. The lowest BCUT2D eigenvalue weighted by molar-refractivity contribution is 0.0694. The molecule has 3 aromatic rings. The molecule has 3 rings (SSSR count). The van der Waals surface area contributed by atoms with Gasteiger partial charge in [-0.15, -0.1) is 0 Å². The molecule has 8 heteroatoms. The highest BCUT2D eigenvalue weighted by atomic mass is 19.1. The summed E-state index contributed by atoms with van der Waals surface area (Å²) in [5, 5.41) is 28.7. The molecule has 2 aromatic heterocycles. The van der Waals surface area contributed by atoms with Crippen LogP contribution in [-0.2, 0) is 13.5 Å². The number of aromatic carboxylic acids is 1. The third-order valence-electron chi connectivity index (χ3n) is 3.91. The highest BCUT2D eigenvalue weighted by molar-refractivity contribution is 6.10. The van der Waals surface area contributed by atoms with Gasteiger partial charge < -0.3 is 24.3 Å². The van der Waals surface area contributed by atoms with Gasteiger partial charge in [0.2, 0.25) is 11.7 Å². The molecule has 0 saturated carbocycles. The number of benzene rings is 1. The lowest BCUT2D eigenvalue weighted by Crippen LogP contribution is -2.00. The van der Waals surface area contributed by atoms with Gasteiger partial charge in [-0.2, -0.15) is 0 Å². The van der Waals surface area contributed by atoms with E-state index in [1.807, 2.05) is 0 Å². The van der Waals surface area contributed by atoms with Crippen LogP contribution in [0.4, 0.5) is 4.39 Å². The molecule has 134 valence electrons. The van der Waals surface area contributed by atoms with Crippen molar-refractivity contribution in [1.29, 1.82) is 0 Å². The molecule has 0 spiro atoms. The Hall–Kier alpha value is -3.55. The molecular weight excluding hydrogens is 345 g/mol. The summed E-state index contributed by atoms with van der Waals surface area (Å²) in [5.74, 6) is -3.87. The zero-order valence-electron chi connectivity index (χ0n) is 13.6. The van der Waals surface area contributed by atoms with Crippen LogP contribution in [0.2, 0.25) is 0 Å². The molecule has 0 aliphatic rings. The van der Waals surface area contributed by atoms with Crippen LogP contribution in [0.1, 0.15) is 37.8 Å². The first kappa shape index (κ1) is 17.3. The molecule has 0 fully saturated rings. The van der Waals surface area contributed by atoms with Crippen molar-refractivity contribution in [2.75, 3.05) is 0 Å². The molecule has 3 N–H and O–H groups in total. The number of hydrogen-bond acceptors (Lipinski definition) is 5. The summed E-state index contributed by atoms with van der Waals surface area (Å²) in [7, 11) is 1.43. The Morgan fingerprint density at radius 1 is 1.15 bits per heavy atom. The molecule has 0 aliphatic heterocycles. The third kappa shape index (κ3) is 3.04. The Balaban J connectivity index is 1.98. The average molecular weight is 359 g/mol. The molecule has 0 unspecified atom stereocenters. The molecule has 1 aromatic carbocycles. The number of aryl methyl sites for hydroxylation is 1. The van der Waals surface area contributed by atoms with E-state index in [1.54, 1.807) is 0 Å². The number of furan rings is 1. The quantitative estimate of drug-likeness (QED) is 0.604. The van der Waals surface area contributed by atoms with Crippen molar-refractivity contribution in [1.82, 2.24) is 4.57 Å². The maximum absolute atomic E-state index is 13.0. The van der Waals surface area contributed by atoms with Crippen molar-refractivity contribution in [2.24, 2.45) is 7.05 Å². The van der Waals surface area contributed by atoms with Gasteiger partial charge in [0.25, 0.3) is 0 Å². The van der Waals surface area contributed by atoms with Gasteiger partial charge in [-0.25, -0.2) is 9.18 Å². The fourth-order valence-electron chi connectivity index (χ4n) is 2.54. The predicted molar refractivity (Wildman–Crippen MR) is 87.0 cm³/mol. The van der Waals surface area contributed by atoms with Gasteiger partial charge in [-0.05, 0) is 17.7 Å². The molecule has 0 radical (unpaired) electrons. The maximum atomic E-state index is 13.0. The van der Waals surface area contributed by atoms with Crippen LogP contribution in [0.25, 0.3) is 0 Å². The van der Waals surface area contributed by atoms with Gasteiger partial charge in [0.1, 0.15) is 17.1 Å². The van der Waals surface area contributed by atoms with E-state index in [2.05, 4.69) is 0 Å². The normalized spacial score (nSPS) is 10.8. The zero-order valence-corrected chi connectivity index (χ0v) is 13.6. The number of nitrogens with zero attached hydrogens (tertiary/aromatic N) is 1. The van der Waals surface area contributed by atoms with E-state index in [0.29, 0.717) is 5.56 Å². The minimum absolute atomic E-state index is 0.0205. The number of carboxylic acids is 1. The van der Waals surface area contributed by atoms with Gasteiger partial charge in [-0.1, -0.05) is 12.1 Å². The number of hydrogen-bond donors (Lipinski definition) is 3. The second-order valence-electron chi connectivity index (χ2n) is 5.71. The number of halogens is 1. The Labute approximate surface area is 146 Å². The Bertz CT molecular complexity index is 1000. The molecule has 0 bridgehead atoms. The zero-order chi connectivity index (χ0) is 19.0. The van der Waals surface area contributed by atoms with Crippen molar-refractivity contribution < 1.29 is 33.7 Å². The molecule has 0 amide bonds. The number of ketones is 1. The number of rotatable bonds is 5. The summed E-state index contributed by atoms with van der Waals surface area (Å²) < 4.78 is 19.5. The highest BCUT2D eigenvalue weighted by Gasteiger charge is 2.26. The number of aromatic nitrogens is 1. The van der Waals surface area contributed by atoms with Crippen molar-refractivity contribution in [3.05, 3.63) is 70.6 Å². The van der Waals surface area contributed by atoms with Gasteiger partial charge in [0, 0.05) is 25.7 Å². The van der Waals surface area contributed by atoms with E-state index in [-0.39, 0.29) is 29.1 Å². The second kappa shape index (κ2) is 6.40. The minimum atomic E-state index is -1.29. The van der Waals surface area contributed by atoms with Crippen LogP contribution in [0, 0.1) is 5.82 Å². The van der Waals surface area contributed by atoms with Gasteiger partial charge in [0.05, 0.1) is 5.56 Å². The van der Waals surface area contributed by atoms with E-state index in [9.17, 15) is 29.3 Å². The van der Waals surface area contributed by atoms with E-state index in [1.165, 1.54) is 37.5 Å². The summed E-state index contributed by atoms with van der Waals surface area (Å²) >= 11 is 0. The fraction of sp³-hybridized carbons (Fsp3) is 0.111. The minimum Gasteiger partial charge on any atom is -0.503 e. The molecule has 2 heterocycles. The lowest BCUT2D eigenvalue weighted by Gasteiger charge is -2.00.